The standard InChI is InChI=1S/C33H24N2/c1-4-12-24(13-5-1)23-34-21-20-28-30(34)22-31-33(32(28)25-14-6-2-7-15-25)27-18-10-11-19-29(27)35(31)26-16-8-3-9-17-26/h1-22H,23H2. The molecule has 0 N–H and O–H groups in total. The van der Waals surface area contributed by atoms with E-state index in [0.717, 1.165) is 6.54 Å². The van der Waals surface area contributed by atoms with E-state index >= 15 is 0 Å². The van der Waals surface area contributed by atoms with Crippen LogP contribution in [-0.2, 0) is 6.54 Å². The molecule has 0 aliphatic carbocycles. The lowest BCUT2D eigenvalue weighted by Gasteiger charge is -2.12. The van der Waals surface area contributed by atoms with Crippen LogP contribution in [0.5, 0.6) is 0 Å². The van der Waals surface area contributed by atoms with Crippen LogP contribution >= 0.6 is 0 Å². The highest BCUT2D eigenvalue weighted by molar-refractivity contribution is 6.22. The van der Waals surface area contributed by atoms with Gasteiger partial charge in [0.15, 0.2) is 0 Å². The van der Waals surface area contributed by atoms with Crippen LogP contribution < -0.4 is 0 Å². The Kier molecular flexibility index (Phi) is 4.56. The fourth-order valence-electron chi connectivity index (χ4n) is 5.46. The van der Waals surface area contributed by atoms with Gasteiger partial charge in [0.1, 0.15) is 0 Å². The van der Waals surface area contributed by atoms with Crippen molar-refractivity contribution in [3.63, 3.8) is 0 Å². The van der Waals surface area contributed by atoms with Gasteiger partial charge in [0, 0.05) is 40.2 Å². The second-order valence-electron chi connectivity index (χ2n) is 9.06. The minimum atomic E-state index is 0.843. The molecular formula is C33H24N2. The molecule has 2 heterocycles. The maximum Gasteiger partial charge on any atom is 0.0568 e. The summed E-state index contributed by atoms with van der Waals surface area (Å²) in [6, 6.07) is 45.7. The Balaban J connectivity index is 1.64. The number of nitrogens with zero attached hydrogens (tertiary/aromatic N) is 2. The molecule has 2 aromatic heterocycles. The second kappa shape index (κ2) is 8.03. The van der Waals surface area contributed by atoms with Crippen molar-refractivity contribution in [2.24, 2.45) is 0 Å². The van der Waals surface area contributed by atoms with Crippen LogP contribution in [0, 0.1) is 0 Å². The Morgan fingerprint density at radius 2 is 1.17 bits per heavy atom. The molecule has 0 unspecified atom stereocenters. The third kappa shape index (κ3) is 3.18. The predicted molar refractivity (Wildman–Crippen MR) is 147 cm³/mol. The van der Waals surface area contributed by atoms with Gasteiger partial charge in [-0.2, -0.15) is 0 Å². The van der Waals surface area contributed by atoms with E-state index in [2.05, 4.69) is 143 Å². The van der Waals surface area contributed by atoms with Crippen LogP contribution in [0.2, 0.25) is 0 Å². The molecule has 166 valence electrons. The van der Waals surface area contributed by atoms with Crippen molar-refractivity contribution in [2.45, 2.75) is 6.54 Å². The average Bonchev–Trinajstić information content (AvgIpc) is 3.47. The van der Waals surface area contributed by atoms with E-state index in [1.807, 2.05) is 0 Å². The quantitative estimate of drug-likeness (QED) is 0.256. The summed E-state index contributed by atoms with van der Waals surface area (Å²) >= 11 is 0. The Hall–Kier alpha value is -4.56. The third-order valence-electron chi connectivity index (χ3n) is 6.98. The lowest BCUT2D eigenvalue weighted by atomic mass is 9.96. The number of hydrogen-bond donors (Lipinski definition) is 0. The summed E-state index contributed by atoms with van der Waals surface area (Å²) in [7, 11) is 0. The average molecular weight is 449 g/mol. The van der Waals surface area contributed by atoms with Gasteiger partial charge in [0.05, 0.1) is 16.6 Å². The summed E-state index contributed by atoms with van der Waals surface area (Å²) in [5, 5.41) is 3.87. The zero-order valence-corrected chi connectivity index (χ0v) is 19.3. The van der Waals surface area contributed by atoms with Crippen molar-refractivity contribution in [2.75, 3.05) is 0 Å². The van der Waals surface area contributed by atoms with E-state index in [9.17, 15) is 0 Å². The monoisotopic (exact) mass is 448 g/mol. The van der Waals surface area contributed by atoms with Crippen LogP contribution in [0.25, 0.3) is 49.5 Å². The lowest BCUT2D eigenvalue weighted by molar-refractivity contribution is 0.837. The van der Waals surface area contributed by atoms with Gasteiger partial charge >= 0.3 is 0 Å². The van der Waals surface area contributed by atoms with E-state index in [4.69, 9.17) is 0 Å². The van der Waals surface area contributed by atoms with Gasteiger partial charge in [0.25, 0.3) is 0 Å². The minimum absolute atomic E-state index is 0.843. The van der Waals surface area contributed by atoms with E-state index in [1.54, 1.807) is 0 Å². The first kappa shape index (κ1) is 19.9. The van der Waals surface area contributed by atoms with E-state index in [0.29, 0.717) is 0 Å². The molecule has 0 fully saturated rings. The molecule has 0 atom stereocenters. The van der Waals surface area contributed by atoms with E-state index < -0.39 is 0 Å². The summed E-state index contributed by atoms with van der Waals surface area (Å²) in [4.78, 5) is 0. The van der Waals surface area contributed by atoms with Gasteiger partial charge in [0.2, 0.25) is 0 Å². The fraction of sp³-hybridized carbons (Fsp3) is 0.0303. The molecule has 2 nitrogen and oxygen atoms in total. The number of aromatic nitrogens is 2. The molecule has 0 bridgehead atoms. The van der Waals surface area contributed by atoms with Gasteiger partial charge in [-0.15, -0.1) is 0 Å². The van der Waals surface area contributed by atoms with Crippen LogP contribution in [0.4, 0.5) is 0 Å². The molecule has 7 rings (SSSR count). The first-order valence-electron chi connectivity index (χ1n) is 12.1. The van der Waals surface area contributed by atoms with Crippen molar-refractivity contribution in [1.29, 1.82) is 0 Å². The normalized spacial score (nSPS) is 11.5. The van der Waals surface area contributed by atoms with Crippen molar-refractivity contribution in [1.82, 2.24) is 9.13 Å². The van der Waals surface area contributed by atoms with Gasteiger partial charge in [-0.3, -0.25) is 0 Å². The van der Waals surface area contributed by atoms with Crippen LogP contribution in [-0.4, -0.2) is 9.13 Å². The van der Waals surface area contributed by atoms with Gasteiger partial charge in [-0.1, -0.05) is 97.1 Å². The predicted octanol–water partition coefficient (Wildman–Crippen LogP) is 8.45. The molecule has 2 heteroatoms. The van der Waals surface area contributed by atoms with Crippen LogP contribution in [0.3, 0.4) is 0 Å². The summed E-state index contributed by atoms with van der Waals surface area (Å²) < 4.78 is 4.79. The van der Waals surface area contributed by atoms with Gasteiger partial charge < -0.3 is 9.13 Å². The molecule has 0 saturated heterocycles. The van der Waals surface area contributed by atoms with Crippen molar-refractivity contribution in [3.05, 3.63) is 139 Å². The molecular weight excluding hydrogens is 424 g/mol. The molecule has 0 saturated carbocycles. The molecule has 5 aromatic carbocycles. The zero-order valence-electron chi connectivity index (χ0n) is 19.3. The fourth-order valence-corrected chi connectivity index (χ4v) is 5.46. The van der Waals surface area contributed by atoms with E-state index in [-0.39, 0.29) is 0 Å². The molecule has 7 aromatic rings. The van der Waals surface area contributed by atoms with Crippen LogP contribution in [0.1, 0.15) is 5.56 Å². The molecule has 0 aliphatic rings. The molecule has 0 radical (unpaired) electrons. The number of rotatable bonds is 4. The maximum absolute atomic E-state index is 2.41. The number of fused-ring (bicyclic) bond motifs is 4. The lowest BCUT2D eigenvalue weighted by Crippen LogP contribution is -1.99. The first-order valence-corrected chi connectivity index (χ1v) is 12.1. The highest BCUT2D eigenvalue weighted by atomic mass is 15.0. The number of hydrogen-bond acceptors (Lipinski definition) is 0. The summed E-state index contributed by atoms with van der Waals surface area (Å²) in [6.07, 6.45) is 2.23. The highest BCUT2D eigenvalue weighted by Gasteiger charge is 2.20. The molecule has 0 spiro atoms. The Labute approximate surface area is 204 Å². The molecule has 0 aliphatic heterocycles. The maximum atomic E-state index is 2.41. The first-order chi connectivity index (χ1) is 17.4. The largest absolute Gasteiger partial charge is 0.343 e. The van der Waals surface area contributed by atoms with Crippen molar-refractivity contribution < 1.29 is 0 Å². The Bertz CT molecular complexity index is 1790. The molecule has 35 heavy (non-hydrogen) atoms. The summed E-state index contributed by atoms with van der Waals surface area (Å²) in [6.45, 7) is 0.843. The Morgan fingerprint density at radius 3 is 1.94 bits per heavy atom. The second-order valence-corrected chi connectivity index (χ2v) is 9.06. The Morgan fingerprint density at radius 1 is 0.514 bits per heavy atom. The van der Waals surface area contributed by atoms with E-state index in [1.165, 1.54) is 55.1 Å². The summed E-state index contributed by atoms with van der Waals surface area (Å²) in [5.74, 6) is 0. The van der Waals surface area contributed by atoms with Crippen LogP contribution in [0.15, 0.2) is 134 Å². The topological polar surface area (TPSA) is 9.86 Å². The minimum Gasteiger partial charge on any atom is -0.343 e. The van der Waals surface area contributed by atoms with Crippen molar-refractivity contribution >= 4 is 32.7 Å². The zero-order chi connectivity index (χ0) is 23.2. The smallest absolute Gasteiger partial charge is 0.0568 e. The third-order valence-corrected chi connectivity index (χ3v) is 6.98. The van der Waals surface area contributed by atoms with Crippen molar-refractivity contribution in [3.8, 4) is 16.8 Å². The highest BCUT2D eigenvalue weighted by Crippen LogP contribution is 2.43. The van der Waals surface area contributed by atoms with Gasteiger partial charge in [-0.05, 0) is 41.5 Å². The number of benzene rings is 5. The summed E-state index contributed by atoms with van der Waals surface area (Å²) in [5.41, 5.74) is 8.74. The molecule has 0 amide bonds. The SMILES string of the molecule is c1ccc(Cn2ccc3c(-c4ccccc4)c4c5ccccc5n(-c5ccccc5)c4cc32)cc1. The number of para-hydroxylation sites is 2. The van der Waals surface area contributed by atoms with Gasteiger partial charge in [-0.25, -0.2) is 0 Å².